The van der Waals surface area contributed by atoms with Crippen LogP contribution in [0.2, 0.25) is 0 Å². The van der Waals surface area contributed by atoms with E-state index in [1.807, 2.05) is 27.1 Å². The summed E-state index contributed by atoms with van der Waals surface area (Å²) in [7, 11) is 1.83. The van der Waals surface area contributed by atoms with Gasteiger partial charge < -0.3 is 0 Å². The zero-order valence-electron chi connectivity index (χ0n) is 11.4. The maximum atomic E-state index is 4.33. The molecule has 0 atom stereocenters. The first-order valence-electron chi connectivity index (χ1n) is 6.12. The highest BCUT2D eigenvalue weighted by molar-refractivity contribution is 6.16. The highest BCUT2D eigenvalue weighted by Gasteiger charge is 2.16. The van der Waals surface area contributed by atoms with E-state index in [1.54, 1.807) is 0 Å². The standard InChI is InChI=1S/C12H18N2.C2H6/c1-5-6-11-12(13-4)10(9(2)3)7-8-14-11;1-2/h6-9H,5H2,1-4H3;1-2H3/b11-6+,13-12?;. The maximum absolute atomic E-state index is 4.33. The van der Waals surface area contributed by atoms with Crippen LogP contribution in [0, 0.1) is 5.92 Å². The summed E-state index contributed by atoms with van der Waals surface area (Å²) in [6.07, 6.45) is 7.04. The Hall–Kier alpha value is -1.18. The zero-order valence-corrected chi connectivity index (χ0v) is 11.4. The lowest BCUT2D eigenvalue weighted by Gasteiger charge is -2.17. The van der Waals surface area contributed by atoms with Crippen LogP contribution in [0.1, 0.15) is 41.0 Å². The van der Waals surface area contributed by atoms with Crippen molar-refractivity contribution in [2.45, 2.75) is 41.0 Å². The van der Waals surface area contributed by atoms with Crippen LogP contribution in [0.4, 0.5) is 0 Å². The monoisotopic (exact) mass is 220 g/mol. The fourth-order valence-electron chi connectivity index (χ4n) is 1.54. The van der Waals surface area contributed by atoms with Gasteiger partial charge in [-0.1, -0.05) is 40.7 Å². The van der Waals surface area contributed by atoms with Crippen LogP contribution in [0.25, 0.3) is 0 Å². The van der Waals surface area contributed by atoms with E-state index in [4.69, 9.17) is 0 Å². The number of nitrogens with zero attached hydrogens (tertiary/aromatic N) is 2. The highest BCUT2D eigenvalue weighted by atomic mass is 14.8. The molecule has 0 aromatic carbocycles. The Labute approximate surface area is 99.9 Å². The van der Waals surface area contributed by atoms with Crippen LogP contribution in [0.5, 0.6) is 0 Å². The van der Waals surface area contributed by atoms with Crippen LogP contribution >= 0.6 is 0 Å². The van der Waals surface area contributed by atoms with Crippen molar-refractivity contribution >= 4 is 11.9 Å². The number of dihydropyridines is 1. The van der Waals surface area contributed by atoms with Crippen molar-refractivity contribution < 1.29 is 0 Å². The normalized spacial score (nSPS) is 19.8. The van der Waals surface area contributed by atoms with Gasteiger partial charge in [-0.2, -0.15) is 0 Å². The molecule has 90 valence electrons. The van der Waals surface area contributed by atoms with Gasteiger partial charge in [-0.05, 0) is 24.0 Å². The van der Waals surface area contributed by atoms with Gasteiger partial charge in [0.05, 0.1) is 11.4 Å². The summed E-state index contributed by atoms with van der Waals surface area (Å²) in [5.41, 5.74) is 3.34. The van der Waals surface area contributed by atoms with E-state index in [-0.39, 0.29) is 0 Å². The molecule has 0 aromatic heterocycles. The van der Waals surface area contributed by atoms with Crippen LogP contribution < -0.4 is 0 Å². The van der Waals surface area contributed by atoms with E-state index >= 15 is 0 Å². The first-order chi connectivity index (χ1) is 7.70. The minimum absolute atomic E-state index is 0.501. The molecule has 0 N–H and O–H groups in total. The van der Waals surface area contributed by atoms with Crippen LogP contribution in [-0.2, 0) is 0 Å². The molecule has 2 heteroatoms. The summed E-state index contributed by atoms with van der Waals surface area (Å²) in [6, 6.07) is 0. The minimum Gasteiger partial charge on any atom is -0.286 e. The van der Waals surface area contributed by atoms with Gasteiger partial charge in [0.15, 0.2) is 0 Å². The fraction of sp³-hybridized carbons (Fsp3) is 0.571. The molecule has 0 bridgehead atoms. The smallest absolute Gasteiger partial charge is 0.0859 e. The topological polar surface area (TPSA) is 24.7 Å². The molecule has 1 rings (SSSR count). The van der Waals surface area contributed by atoms with E-state index in [0.29, 0.717) is 5.92 Å². The second-order valence-electron chi connectivity index (χ2n) is 3.62. The lowest BCUT2D eigenvalue weighted by molar-refractivity contribution is 0.801. The maximum Gasteiger partial charge on any atom is 0.0859 e. The number of allylic oxidation sites excluding steroid dienone is 3. The molecular weight excluding hydrogens is 196 g/mol. The quantitative estimate of drug-likeness (QED) is 0.671. The molecule has 16 heavy (non-hydrogen) atoms. The van der Waals surface area contributed by atoms with Crippen molar-refractivity contribution in [3.05, 3.63) is 23.4 Å². The second kappa shape index (κ2) is 8.03. The molecule has 0 radical (unpaired) electrons. The Balaban J connectivity index is 0.00000106. The van der Waals surface area contributed by atoms with E-state index in [9.17, 15) is 0 Å². The van der Waals surface area contributed by atoms with Crippen molar-refractivity contribution in [3.8, 4) is 0 Å². The third-order valence-electron chi connectivity index (χ3n) is 2.23. The van der Waals surface area contributed by atoms with Gasteiger partial charge in [-0.25, -0.2) is 0 Å². The number of aliphatic imine (C=N–C) groups is 2. The predicted molar refractivity (Wildman–Crippen MR) is 74.5 cm³/mol. The van der Waals surface area contributed by atoms with E-state index in [0.717, 1.165) is 17.8 Å². The summed E-state index contributed by atoms with van der Waals surface area (Å²) in [4.78, 5) is 8.65. The van der Waals surface area contributed by atoms with Gasteiger partial charge in [0.1, 0.15) is 0 Å². The van der Waals surface area contributed by atoms with Crippen molar-refractivity contribution in [1.82, 2.24) is 0 Å². The third-order valence-corrected chi connectivity index (χ3v) is 2.23. The molecule has 0 amide bonds. The summed E-state index contributed by atoms with van der Waals surface area (Å²) < 4.78 is 0. The number of hydrogen-bond donors (Lipinski definition) is 0. The van der Waals surface area contributed by atoms with Crippen molar-refractivity contribution in [3.63, 3.8) is 0 Å². The Bertz CT molecular complexity index is 318. The van der Waals surface area contributed by atoms with E-state index in [2.05, 4.69) is 42.9 Å². The predicted octanol–water partition coefficient (Wildman–Crippen LogP) is 4.04. The largest absolute Gasteiger partial charge is 0.286 e. The number of hydrogen-bond acceptors (Lipinski definition) is 2. The van der Waals surface area contributed by atoms with Crippen LogP contribution in [0.15, 0.2) is 33.4 Å². The molecular formula is C14H24N2. The van der Waals surface area contributed by atoms with Crippen LogP contribution in [-0.4, -0.2) is 19.0 Å². The SMILES string of the molecule is CC.CC/C=C1/N=CC=C(C(C)C)C1=NC. The molecule has 0 fully saturated rings. The summed E-state index contributed by atoms with van der Waals surface area (Å²) in [5.74, 6) is 0.501. The van der Waals surface area contributed by atoms with Crippen molar-refractivity contribution in [2.75, 3.05) is 7.05 Å². The second-order valence-corrected chi connectivity index (χ2v) is 3.62. The summed E-state index contributed by atoms with van der Waals surface area (Å²) in [6.45, 7) is 10.5. The fourth-order valence-corrected chi connectivity index (χ4v) is 1.54. The highest BCUT2D eigenvalue weighted by Crippen LogP contribution is 2.20. The summed E-state index contributed by atoms with van der Waals surface area (Å²) in [5, 5.41) is 0. The Kier molecular flexibility index (Phi) is 7.44. The molecule has 1 aliphatic rings. The van der Waals surface area contributed by atoms with Gasteiger partial charge in [0.25, 0.3) is 0 Å². The zero-order chi connectivity index (χ0) is 12.6. The average molecular weight is 220 g/mol. The molecule has 1 aliphatic heterocycles. The van der Waals surface area contributed by atoms with Gasteiger partial charge in [-0.3, -0.25) is 9.98 Å². The molecule has 0 spiro atoms. The number of rotatable bonds is 2. The lowest BCUT2D eigenvalue weighted by Crippen LogP contribution is -2.14. The Morgan fingerprint density at radius 1 is 1.38 bits per heavy atom. The van der Waals surface area contributed by atoms with Crippen LogP contribution in [0.3, 0.4) is 0 Å². The van der Waals surface area contributed by atoms with E-state index < -0.39 is 0 Å². The lowest BCUT2D eigenvalue weighted by atomic mass is 9.94. The van der Waals surface area contributed by atoms with E-state index in [1.165, 1.54) is 5.57 Å². The molecule has 0 saturated heterocycles. The van der Waals surface area contributed by atoms with Gasteiger partial charge in [0.2, 0.25) is 0 Å². The Morgan fingerprint density at radius 3 is 2.44 bits per heavy atom. The van der Waals surface area contributed by atoms with Crippen molar-refractivity contribution in [2.24, 2.45) is 15.9 Å². The molecule has 0 aromatic rings. The first-order valence-corrected chi connectivity index (χ1v) is 6.12. The molecule has 2 nitrogen and oxygen atoms in total. The first kappa shape index (κ1) is 14.8. The molecule has 1 heterocycles. The van der Waals surface area contributed by atoms with Gasteiger partial charge in [-0.15, -0.1) is 0 Å². The van der Waals surface area contributed by atoms with Gasteiger partial charge >= 0.3 is 0 Å². The minimum atomic E-state index is 0.501. The molecule has 0 unspecified atom stereocenters. The van der Waals surface area contributed by atoms with Crippen molar-refractivity contribution in [1.29, 1.82) is 0 Å². The third kappa shape index (κ3) is 3.76. The summed E-state index contributed by atoms with van der Waals surface area (Å²) >= 11 is 0. The van der Waals surface area contributed by atoms with Gasteiger partial charge in [0, 0.05) is 13.3 Å². The molecule has 0 saturated carbocycles. The molecule has 0 aliphatic carbocycles. The Morgan fingerprint density at radius 2 is 2.00 bits per heavy atom. The average Bonchev–Trinajstić information content (AvgIpc) is 2.31.